The smallest absolute Gasteiger partial charge is 0.234 e. The van der Waals surface area contributed by atoms with Gasteiger partial charge in [-0.2, -0.15) is 0 Å². The summed E-state index contributed by atoms with van der Waals surface area (Å²) in [7, 11) is 1.93. The molecule has 1 aromatic rings. The van der Waals surface area contributed by atoms with Gasteiger partial charge in [0.15, 0.2) is 0 Å². The van der Waals surface area contributed by atoms with Crippen molar-refractivity contribution >= 4 is 18.3 Å². The molecule has 22 heavy (non-hydrogen) atoms. The van der Waals surface area contributed by atoms with Gasteiger partial charge in [-0.25, -0.2) is 4.39 Å². The number of carbonyl (C=O) groups is 1. The molecule has 6 heteroatoms. The van der Waals surface area contributed by atoms with Crippen LogP contribution in [0, 0.1) is 18.7 Å². The van der Waals surface area contributed by atoms with Gasteiger partial charge in [-0.15, -0.1) is 12.4 Å². The minimum atomic E-state index is -0.240. The van der Waals surface area contributed by atoms with Gasteiger partial charge in [0.25, 0.3) is 0 Å². The number of nitrogens with two attached hydrogens (primary N) is 1. The van der Waals surface area contributed by atoms with Crippen molar-refractivity contribution in [3.8, 4) is 0 Å². The first kappa shape index (κ1) is 18.9. The fourth-order valence-electron chi connectivity index (χ4n) is 2.56. The van der Waals surface area contributed by atoms with E-state index in [1.165, 1.54) is 18.9 Å². The van der Waals surface area contributed by atoms with Crippen LogP contribution in [0.4, 0.5) is 4.39 Å². The average Bonchev–Trinajstić information content (AvgIpc) is 3.25. The third-order valence-corrected chi connectivity index (χ3v) is 4.09. The Labute approximate surface area is 137 Å². The van der Waals surface area contributed by atoms with Crippen LogP contribution in [0.5, 0.6) is 0 Å². The van der Waals surface area contributed by atoms with Gasteiger partial charge in [0.2, 0.25) is 5.91 Å². The Kier molecular flexibility index (Phi) is 7.26. The van der Waals surface area contributed by atoms with Gasteiger partial charge in [-0.3, -0.25) is 9.69 Å². The molecule has 0 aromatic heterocycles. The minimum absolute atomic E-state index is 0. The standard InChI is InChI=1S/C16H24FN3O.ClH/c1-11-3-4-12(7-14(11)17)9-19-16(21)10-20(2)15(8-18)13-5-6-13;/h3-4,7,13,15H,5-6,8-10,18H2,1-2H3,(H,19,21);1H. The Morgan fingerprint density at radius 3 is 2.73 bits per heavy atom. The lowest BCUT2D eigenvalue weighted by molar-refractivity contribution is -0.122. The number of hydrogen-bond acceptors (Lipinski definition) is 3. The summed E-state index contributed by atoms with van der Waals surface area (Å²) in [6.07, 6.45) is 2.41. The first-order valence-electron chi connectivity index (χ1n) is 7.43. The molecule has 0 spiro atoms. The normalized spacial score (nSPS) is 15.3. The van der Waals surface area contributed by atoms with E-state index in [2.05, 4.69) is 5.32 Å². The van der Waals surface area contributed by atoms with Crippen molar-refractivity contribution in [2.45, 2.75) is 32.4 Å². The Bertz CT molecular complexity index is 508. The zero-order chi connectivity index (χ0) is 15.4. The molecule has 2 rings (SSSR count). The van der Waals surface area contributed by atoms with Gasteiger partial charge >= 0.3 is 0 Å². The van der Waals surface area contributed by atoms with Crippen molar-refractivity contribution in [1.29, 1.82) is 0 Å². The van der Waals surface area contributed by atoms with Gasteiger partial charge in [-0.1, -0.05) is 12.1 Å². The molecule has 1 aromatic carbocycles. The van der Waals surface area contributed by atoms with Crippen LogP contribution in [0.25, 0.3) is 0 Å². The lowest BCUT2D eigenvalue weighted by atomic mass is 10.1. The molecule has 3 N–H and O–H groups in total. The minimum Gasteiger partial charge on any atom is -0.351 e. The van der Waals surface area contributed by atoms with E-state index in [1.54, 1.807) is 13.0 Å². The van der Waals surface area contributed by atoms with Crippen LogP contribution in [-0.4, -0.2) is 37.0 Å². The van der Waals surface area contributed by atoms with Crippen molar-refractivity contribution in [2.24, 2.45) is 11.7 Å². The van der Waals surface area contributed by atoms with Crippen LogP contribution in [0.2, 0.25) is 0 Å². The zero-order valence-electron chi connectivity index (χ0n) is 13.1. The number of aryl methyl sites for hydroxylation is 1. The Morgan fingerprint density at radius 1 is 1.50 bits per heavy atom. The fraction of sp³-hybridized carbons (Fsp3) is 0.562. The van der Waals surface area contributed by atoms with Gasteiger partial charge in [0, 0.05) is 19.1 Å². The second-order valence-electron chi connectivity index (χ2n) is 5.92. The summed E-state index contributed by atoms with van der Waals surface area (Å²) in [5.41, 5.74) is 7.15. The zero-order valence-corrected chi connectivity index (χ0v) is 14.0. The molecule has 1 amide bonds. The molecule has 1 aliphatic rings. The van der Waals surface area contributed by atoms with Crippen molar-refractivity contribution in [3.05, 3.63) is 35.1 Å². The molecular weight excluding hydrogens is 305 g/mol. The molecule has 1 unspecified atom stereocenters. The number of carbonyl (C=O) groups excluding carboxylic acids is 1. The summed E-state index contributed by atoms with van der Waals surface area (Å²) >= 11 is 0. The van der Waals surface area contributed by atoms with E-state index in [4.69, 9.17) is 5.73 Å². The number of amides is 1. The summed E-state index contributed by atoms with van der Waals surface area (Å²) in [4.78, 5) is 14.0. The van der Waals surface area contributed by atoms with E-state index in [0.717, 1.165) is 5.56 Å². The third kappa shape index (κ3) is 5.23. The van der Waals surface area contributed by atoms with Crippen molar-refractivity contribution < 1.29 is 9.18 Å². The third-order valence-electron chi connectivity index (χ3n) is 4.09. The summed E-state index contributed by atoms with van der Waals surface area (Å²) < 4.78 is 13.4. The monoisotopic (exact) mass is 329 g/mol. The van der Waals surface area contributed by atoms with Crippen molar-refractivity contribution in [2.75, 3.05) is 20.1 Å². The summed E-state index contributed by atoms with van der Waals surface area (Å²) in [5.74, 6) is 0.340. The second kappa shape index (κ2) is 8.46. The lowest BCUT2D eigenvalue weighted by Crippen LogP contribution is -2.44. The van der Waals surface area contributed by atoms with E-state index in [9.17, 15) is 9.18 Å². The van der Waals surface area contributed by atoms with Crippen LogP contribution in [0.3, 0.4) is 0 Å². The van der Waals surface area contributed by atoms with Gasteiger partial charge in [-0.05, 0) is 49.9 Å². The van der Waals surface area contributed by atoms with Crippen molar-refractivity contribution in [1.82, 2.24) is 10.2 Å². The van der Waals surface area contributed by atoms with Crippen LogP contribution in [0.15, 0.2) is 18.2 Å². The van der Waals surface area contributed by atoms with Gasteiger partial charge in [0.05, 0.1) is 6.54 Å². The van der Waals surface area contributed by atoms with Crippen LogP contribution in [-0.2, 0) is 11.3 Å². The van der Waals surface area contributed by atoms with Crippen LogP contribution in [0.1, 0.15) is 24.0 Å². The molecule has 1 fully saturated rings. The number of benzene rings is 1. The number of halogens is 2. The van der Waals surface area contributed by atoms with E-state index < -0.39 is 0 Å². The largest absolute Gasteiger partial charge is 0.351 e. The van der Waals surface area contributed by atoms with E-state index in [1.807, 2.05) is 18.0 Å². The number of hydrogen-bond donors (Lipinski definition) is 2. The summed E-state index contributed by atoms with van der Waals surface area (Å²) in [5, 5.41) is 2.83. The van der Waals surface area contributed by atoms with E-state index in [0.29, 0.717) is 31.1 Å². The molecule has 4 nitrogen and oxygen atoms in total. The summed E-state index contributed by atoms with van der Waals surface area (Å²) in [6.45, 7) is 2.97. The first-order chi connectivity index (χ1) is 10.0. The second-order valence-corrected chi connectivity index (χ2v) is 5.92. The molecule has 1 aliphatic carbocycles. The molecule has 1 atom stereocenters. The highest BCUT2D eigenvalue weighted by atomic mass is 35.5. The van der Waals surface area contributed by atoms with Crippen LogP contribution >= 0.6 is 12.4 Å². The Hall–Kier alpha value is -1.17. The van der Waals surface area contributed by atoms with Crippen molar-refractivity contribution in [3.63, 3.8) is 0 Å². The quantitative estimate of drug-likeness (QED) is 0.802. The molecule has 124 valence electrons. The topological polar surface area (TPSA) is 58.4 Å². The fourth-order valence-corrected chi connectivity index (χ4v) is 2.56. The SMILES string of the molecule is Cc1ccc(CNC(=O)CN(C)C(CN)C2CC2)cc1F.Cl. The number of nitrogens with one attached hydrogen (secondary N) is 1. The maximum Gasteiger partial charge on any atom is 0.234 e. The molecule has 0 bridgehead atoms. The summed E-state index contributed by atoms with van der Waals surface area (Å²) in [6, 6.07) is 5.30. The Morgan fingerprint density at radius 2 is 2.18 bits per heavy atom. The predicted molar refractivity (Wildman–Crippen MR) is 88.4 cm³/mol. The maximum atomic E-state index is 13.4. The molecule has 0 aliphatic heterocycles. The van der Waals surface area contributed by atoms with Gasteiger partial charge < -0.3 is 11.1 Å². The first-order valence-corrected chi connectivity index (χ1v) is 7.43. The lowest BCUT2D eigenvalue weighted by Gasteiger charge is -2.26. The highest BCUT2D eigenvalue weighted by Crippen LogP contribution is 2.34. The average molecular weight is 330 g/mol. The molecule has 0 saturated heterocycles. The number of rotatable bonds is 7. The number of likely N-dealkylation sites (N-methyl/N-ethyl adjacent to an activating group) is 1. The molecule has 0 radical (unpaired) electrons. The van der Waals surface area contributed by atoms with Crippen LogP contribution < -0.4 is 11.1 Å². The Balaban J connectivity index is 0.00000242. The van der Waals surface area contributed by atoms with E-state index >= 15 is 0 Å². The predicted octanol–water partition coefficient (Wildman–Crippen LogP) is 1.84. The molecule has 1 saturated carbocycles. The maximum absolute atomic E-state index is 13.4. The highest BCUT2D eigenvalue weighted by molar-refractivity contribution is 5.85. The van der Waals surface area contributed by atoms with E-state index in [-0.39, 0.29) is 30.2 Å². The van der Waals surface area contributed by atoms with Gasteiger partial charge in [0.1, 0.15) is 5.82 Å². The number of nitrogens with zero attached hydrogens (tertiary/aromatic N) is 1. The molecule has 0 heterocycles. The molecular formula is C16H25ClFN3O. The highest BCUT2D eigenvalue weighted by Gasteiger charge is 2.33.